The molecule has 0 radical (unpaired) electrons. The van der Waals surface area contributed by atoms with Crippen molar-refractivity contribution in [3.63, 3.8) is 0 Å². The first kappa shape index (κ1) is 27.8. The van der Waals surface area contributed by atoms with Gasteiger partial charge < -0.3 is 15.0 Å². The molecule has 2 aromatic rings. The van der Waals surface area contributed by atoms with Gasteiger partial charge in [-0.05, 0) is 48.7 Å². The summed E-state index contributed by atoms with van der Waals surface area (Å²) in [6, 6.07) is 9.13. The second-order valence-corrected chi connectivity index (χ2v) is 10.5. The van der Waals surface area contributed by atoms with Crippen molar-refractivity contribution in [2.24, 2.45) is 0 Å². The van der Waals surface area contributed by atoms with Gasteiger partial charge in [-0.15, -0.1) is 0 Å². The first-order valence-corrected chi connectivity index (χ1v) is 13.1. The maximum Gasteiger partial charge on any atom is 0.244 e. The number of hydrogen-bond acceptors (Lipinski definition) is 5. The van der Waals surface area contributed by atoms with Crippen molar-refractivity contribution in [1.82, 2.24) is 10.2 Å². The van der Waals surface area contributed by atoms with Crippen molar-refractivity contribution in [3.8, 4) is 5.75 Å². The largest absolute Gasteiger partial charge is 0.495 e. The number of hydrogen-bond donors (Lipinski definition) is 1. The number of ether oxygens (including phenoxy) is 1. The number of carbonyl (C=O) groups is 2. The van der Waals surface area contributed by atoms with Crippen molar-refractivity contribution in [2.45, 2.75) is 32.9 Å². The fraction of sp³-hybridized carbons (Fsp3) is 0.391. The maximum atomic E-state index is 13.6. The van der Waals surface area contributed by atoms with Crippen molar-refractivity contribution in [3.05, 3.63) is 57.6 Å². The first-order chi connectivity index (χ1) is 15.9. The number of rotatable bonds is 10. The molecule has 34 heavy (non-hydrogen) atoms. The van der Waals surface area contributed by atoms with E-state index in [1.54, 1.807) is 50.2 Å². The Morgan fingerprint density at radius 1 is 1.12 bits per heavy atom. The minimum absolute atomic E-state index is 0.0319. The molecule has 0 aliphatic carbocycles. The number of methoxy groups -OCH3 is 1. The lowest BCUT2D eigenvalue weighted by Crippen LogP contribution is -2.51. The summed E-state index contributed by atoms with van der Waals surface area (Å²) in [5, 5.41) is 3.23. The molecule has 0 saturated heterocycles. The summed E-state index contributed by atoms with van der Waals surface area (Å²) in [7, 11) is -0.971. The number of sulfonamides is 1. The van der Waals surface area contributed by atoms with E-state index < -0.39 is 28.5 Å². The summed E-state index contributed by atoms with van der Waals surface area (Å²) in [4.78, 5) is 27.5. The maximum absolute atomic E-state index is 13.6. The lowest BCUT2D eigenvalue weighted by molar-refractivity contribution is -0.140. The molecule has 0 unspecified atom stereocenters. The highest BCUT2D eigenvalue weighted by molar-refractivity contribution is 7.92. The second kappa shape index (κ2) is 11.8. The lowest BCUT2D eigenvalue weighted by atomic mass is 10.1. The Labute approximate surface area is 210 Å². The zero-order valence-electron chi connectivity index (χ0n) is 19.8. The number of benzene rings is 2. The summed E-state index contributed by atoms with van der Waals surface area (Å²) in [6.45, 7) is 3.09. The second-order valence-electron chi connectivity index (χ2n) is 7.75. The third kappa shape index (κ3) is 6.77. The van der Waals surface area contributed by atoms with Crippen LogP contribution in [0, 0.1) is 6.92 Å². The third-order valence-corrected chi connectivity index (χ3v) is 7.12. The quantitative estimate of drug-likeness (QED) is 0.506. The van der Waals surface area contributed by atoms with E-state index in [0.29, 0.717) is 27.8 Å². The number of anilines is 1. The molecule has 0 aliphatic rings. The number of likely N-dealkylation sites (N-methyl/N-ethyl adjacent to an activating group) is 1. The van der Waals surface area contributed by atoms with Crippen LogP contribution in [0.2, 0.25) is 10.0 Å². The fourth-order valence-corrected chi connectivity index (χ4v) is 4.68. The third-order valence-electron chi connectivity index (χ3n) is 5.25. The van der Waals surface area contributed by atoms with Gasteiger partial charge >= 0.3 is 0 Å². The van der Waals surface area contributed by atoms with Crippen LogP contribution in [0.4, 0.5) is 5.69 Å². The zero-order valence-corrected chi connectivity index (χ0v) is 22.1. The smallest absolute Gasteiger partial charge is 0.244 e. The Morgan fingerprint density at radius 3 is 2.32 bits per heavy atom. The van der Waals surface area contributed by atoms with Gasteiger partial charge in [0.25, 0.3) is 0 Å². The van der Waals surface area contributed by atoms with Gasteiger partial charge in [-0.2, -0.15) is 0 Å². The van der Waals surface area contributed by atoms with Crippen LogP contribution in [0.3, 0.4) is 0 Å². The molecule has 0 fully saturated rings. The number of halogens is 2. The van der Waals surface area contributed by atoms with E-state index in [-0.39, 0.29) is 18.1 Å². The predicted octanol–water partition coefficient (Wildman–Crippen LogP) is 3.63. The SMILES string of the molecule is CC[C@@H](C(=O)NC)N(Cc1ccc(Cl)c(Cl)c1)C(=O)CN(c1cc(C)ccc1OC)S(C)(=O)=O. The van der Waals surface area contributed by atoms with E-state index in [1.807, 2.05) is 0 Å². The molecule has 0 aromatic heterocycles. The summed E-state index contributed by atoms with van der Waals surface area (Å²) in [5.41, 5.74) is 1.67. The highest BCUT2D eigenvalue weighted by atomic mass is 35.5. The van der Waals surface area contributed by atoms with Crippen LogP contribution in [-0.4, -0.2) is 58.1 Å². The van der Waals surface area contributed by atoms with E-state index in [4.69, 9.17) is 27.9 Å². The molecule has 0 saturated carbocycles. The fourth-order valence-electron chi connectivity index (χ4n) is 3.51. The molecular weight excluding hydrogens is 501 g/mol. The Kier molecular flexibility index (Phi) is 9.61. The first-order valence-electron chi connectivity index (χ1n) is 10.5. The standard InChI is InChI=1S/C23H29Cl2N3O5S/c1-6-19(23(30)26-3)27(13-16-8-9-17(24)18(25)12-16)22(29)14-28(34(5,31)32)20-11-15(2)7-10-21(20)33-4/h7-12,19H,6,13-14H2,1-5H3,(H,26,30)/t19-/m0/s1. The molecule has 2 amide bonds. The van der Waals surface area contributed by atoms with Gasteiger partial charge in [0, 0.05) is 13.6 Å². The average Bonchev–Trinajstić information content (AvgIpc) is 2.78. The van der Waals surface area contributed by atoms with E-state index >= 15 is 0 Å². The molecule has 2 aromatic carbocycles. The molecule has 8 nitrogen and oxygen atoms in total. The molecule has 11 heteroatoms. The molecular formula is C23H29Cl2N3O5S. The van der Waals surface area contributed by atoms with Crippen molar-refractivity contribution >= 4 is 50.7 Å². The average molecular weight is 530 g/mol. The summed E-state index contributed by atoms with van der Waals surface area (Å²) < 4.78 is 31.8. The van der Waals surface area contributed by atoms with Gasteiger partial charge in [0.1, 0.15) is 18.3 Å². The molecule has 0 spiro atoms. The van der Waals surface area contributed by atoms with Crippen molar-refractivity contribution in [2.75, 3.05) is 31.3 Å². The molecule has 186 valence electrons. The summed E-state index contributed by atoms with van der Waals surface area (Å²) >= 11 is 12.1. The van der Waals surface area contributed by atoms with Crippen LogP contribution >= 0.6 is 23.2 Å². The zero-order chi connectivity index (χ0) is 25.6. The van der Waals surface area contributed by atoms with Crippen LogP contribution in [0.25, 0.3) is 0 Å². The lowest BCUT2D eigenvalue weighted by Gasteiger charge is -2.33. The van der Waals surface area contributed by atoms with Gasteiger partial charge in [-0.1, -0.05) is 42.3 Å². The number of aryl methyl sites for hydroxylation is 1. The highest BCUT2D eigenvalue weighted by Gasteiger charge is 2.32. The minimum atomic E-state index is -3.87. The molecule has 0 bridgehead atoms. The van der Waals surface area contributed by atoms with Crippen molar-refractivity contribution < 1.29 is 22.7 Å². The Morgan fingerprint density at radius 2 is 1.79 bits per heavy atom. The van der Waals surface area contributed by atoms with Gasteiger partial charge in [0.05, 0.1) is 29.1 Å². The van der Waals surface area contributed by atoms with Gasteiger partial charge in [0.15, 0.2) is 0 Å². The van der Waals surface area contributed by atoms with Crippen LogP contribution in [0.5, 0.6) is 5.75 Å². The highest BCUT2D eigenvalue weighted by Crippen LogP contribution is 2.31. The molecule has 1 N–H and O–H groups in total. The molecule has 2 rings (SSSR count). The molecule has 1 atom stereocenters. The normalized spacial score (nSPS) is 12.1. The van der Waals surface area contributed by atoms with E-state index in [2.05, 4.69) is 5.32 Å². The van der Waals surface area contributed by atoms with E-state index in [9.17, 15) is 18.0 Å². The Bertz CT molecular complexity index is 1160. The predicted molar refractivity (Wildman–Crippen MR) is 135 cm³/mol. The number of amides is 2. The Hall–Kier alpha value is -2.49. The summed E-state index contributed by atoms with van der Waals surface area (Å²) in [6.07, 6.45) is 1.33. The van der Waals surface area contributed by atoms with Gasteiger partial charge in [-0.25, -0.2) is 8.42 Å². The van der Waals surface area contributed by atoms with Crippen molar-refractivity contribution in [1.29, 1.82) is 0 Å². The molecule has 0 aliphatic heterocycles. The molecule has 0 heterocycles. The number of nitrogens with zero attached hydrogens (tertiary/aromatic N) is 2. The summed E-state index contributed by atoms with van der Waals surface area (Å²) in [5.74, 6) is -0.622. The van der Waals surface area contributed by atoms with Crippen LogP contribution < -0.4 is 14.4 Å². The van der Waals surface area contributed by atoms with Crippen LogP contribution in [0.15, 0.2) is 36.4 Å². The van der Waals surface area contributed by atoms with E-state index in [1.165, 1.54) is 19.1 Å². The Balaban J connectivity index is 2.52. The van der Waals surface area contributed by atoms with Crippen LogP contribution in [0.1, 0.15) is 24.5 Å². The monoisotopic (exact) mass is 529 g/mol. The van der Waals surface area contributed by atoms with Gasteiger partial charge in [0.2, 0.25) is 21.8 Å². The minimum Gasteiger partial charge on any atom is -0.495 e. The van der Waals surface area contributed by atoms with E-state index in [0.717, 1.165) is 16.1 Å². The number of nitrogens with one attached hydrogen (secondary N) is 1. The number of carbonyl (C=O) groups excluding carboxylic acids is 2. The van der Waals surface area contributed by atoms with Gasteiger partial charge in [-0.3, -0.25) is 13.9 Å². The van der Waals surface area contributed by atoms with Crippen LogP contribution in [-0.2, 0) is 26.2 Å². The topological polar surface area (TPSA) is 96.0 Å².